The van der Waals surface area contributed by atoms with Crippen LogP contribution in [0.15, 0.2) is 36.4 Å². The molecule has 2 fully saturated rings. The van der Waals surface area contributed by atoms with Gasteiger partial charge in [0.1, 0.15) is 11.5 Å². The van der Waals surface area contributed by atoms with E-state index in [9.17, 15) is 22.8 Å². The summed E-state index contributed by atoms with van der Waals surface area (Å²) in [7, 11) is 0. The van der Waals surface area contributed by atoms with E-state index in [1.165, 1.54) is 24.3 Å². The summed E-state index contributed by atoms with van der Waals surface area (Å²) in [5.74, 6) is -6.22. The number of carbonyl (C=O) groups is 2. The van der Waals surface area contributed by atoms with Gasteiger partial charge in [-0.2, -0.15) is 0 Å². The van der Waals surface area contributed by atoms with Gasteiger partial charge in [0, 0.05) is 12.1 Å². The smallest absolute Gasteiger partial charge is 0.343 e. The number of esters is 2. The summed E-state index contributed by atoms with van der Waals surface area (Å²) in [5.41, 5.74) is 0.0665. The number of halogens is 3. The highest BCUT2D eigenvalue weighted by Gasteiger charge is 2.46. The van der Waals surface area contributed by atoms with Crippen LogP contribution >= 0.6 is 0 Å². The van der Waals surface area contributed by atoms with Crippen molar-refractivity contribution in [2.24, 2.45) is 5.92 Å². The molecule has 0 aromatic heterocycles. The fraction of sp³-hybridized carbons (Fsp3) is 0.300. The molecule has 1 saturated carbocycles. The van der Waals surface area contributed by atoms with E-state index in [0.29, 0.717) is 18.6 Å². The van der Waals surface area contributed by atoms with Crippen LogP contribution in [0.2, 0.25) is 0 Å². The molecule has 4 rings (SSSR count). The Labute approximate surface area is 158 Å². The zero-order valence-corrected chi connectivity index (χ0v) is 14.5. The topological polar surface area (TPSA) is 65.1 Å². The van der Waals surface area contributed by atoms with Gasteiger partial charge < -0.3 is 14.2 Å². The van der Waals surface area contributed by atoms with Crippen molar-refractivity contribution in [2.45, 2.75) is 31.5 Å². The van der Waals surface area contributed by atoms with Gasteiger partial charge in [-0.3, -0.25) is 4.79 Å². The molecular formula is C20H15F3O5. The lowest BCUT2D eigenvalue weighted by Crippen LogP contribution is -2.25. The maximum atomic E-state index is 13.2. The van der Waals surface area contributed by atoms with Crippen LogP contribution in [0.4, 0.5) is 13.2 Å². The van der Waals surface area contributed by atoms with Gasteiger partial charge in [0.2, 0.25) is 0 Å². The van der Waals surface area contributed by atoms with E-state index in [1.807, 2.05) is 0 Å². The molecule has 1 aliphatic heterocycles. The maximum Gasteiger partial charge on any atom is 0.343 e. The van der Waals surface area contributed by atoms with Gasteiger partial charge in [0.25, 0.3) is 0 Å². The number of benzene rings is 2. The second-order valence-corrected chi connectivity index (χ2v) is 6.76. The molecule has 3 unspecified atom stereocenters. The molecule has 0 spiro atoms. The number of fused-ring (bicyclic) bond motifs is 1. The number of hydrogen-bond acceptors (Lipinski definition) is 5. The first-order valence-corrected chi connectivity index (χ1v) is 8.74. The van der Waals surface area contributed by atoms with Crippen molar-refractivity contribution >= 4 is 11.9 Å². The highest BCUT2D eigenvalue weighted by Crippen LogP contribution is 2.39. The highest BCUT2D eigenvalue weighted by molar-refractivity contribution is 5.91. The first-order chi connectivity index (χ1) is 13.4. The Hall–Kier alpha value is -2.87. The number of carbonyl (C=O) groups excluding carboxylic acids is 2. The Balaban J connectivity index is 1.37. The van der Waals surface area contributed by atoms with Crippen LogP contribution in [-0.4, -0.2) is 24.1 Å². The van der Waals surface area contributed by atoms with Crippen molar-refractivity contribution in [1.82, 2.24) is 0 Å². The van der Waals surface area contributed by atoms with Crippen LogP contribution in [0.1, 0.15) is 29.6 Å². The average Bonchev–Trinajstić information content (AvgIpc) is 3.45. The minimum Gasteiger partial charge on any atom is -0.426 e. The van der Waals surface area contributed by atoms with Crippen molar-refractivity contribution in [3.8, 4) is 11.5 Å². The van der Waals surface area contributed by atoms with Crippen molar-refractivity contribution in [3.63, 3.8) is 0 Å². The van der Waals surface area contributed by atoms with Gasteiger partial charge >= 0.3 is 11.9 Å². The molecule has 1 aliphatic carbocycles. The second-order valence-electron chi connectivity index (χ2n) is 6.76. The second kappa shape index (κ2) is 7.27. The Morgan fingerprint density at radius 2 is 1.57 bits per heavy atom. The lowest BCUT2D eigenvalue weighted by Gasteiger charge is -2.17. The molecule has 2 aromatic rings. The molecule has 3 atom stereocenters. The molecule has 2 aliphatic rings. The zero-order valence-electron chi connectivity index (χ0n) is 14.5. The molecule has 8 heteroatoms. The third kappa shape index (κ3) is 3.87. The summed E-state index contributed by atoms with van der Waals surface area (Å²) in [5, 5.41) is 0. The molecule has 146 valence electrons. The van der Waals surface area contributed by atoms with Crippen LogP contribution in [0.25, 0.3) is 0 Å². The van der Waals surface area contributed by atoms with Crippen molar-refractivity contribution < 1.29 is 37.0 Å². The van der Waals surface area contributed by atoms with E-state index in [2.05, 4.69) is 0 Å². The van der Waals surface area contributed by atoms with E-state index < -0.39 is 29.2 Å². The predicted octanol–water partition coefficient (Wildman–Crippen LogP) is 3.80. The van der Waals surface area contributed by atoms with Crippen LogP contribution in [0, 0.1) is 23.4 Å². The minimum atomic E-state index is -1.65. The average molecular weight is 392 g/mol. The minimum absolute atomic E-state index is 0.0665. The molecule has 5 nitrogen and oxygen atoms in total. The summed E-state index contributed by atoms with van der Waals surface area (Å²) in [6.07, 6.45) is 2.66. The summed E-state index contributed by atoms with van der Waals surface area (Å²) >= 11 is 0. The van der Waals surface area contributed by atoms with Crippen molar-refractivity contribution in [3.05, 3.63) is 59.4 Å². The third-order valence-corrected chi connectivity index (χ3v) is 4.81. The number of rotatable bonds is 4. The van der Waals surface area contributed by atoms with Crippen molar-refractivity contribution in [1.29, 1.82) is 0 Å². The first kappa shape index (κ1) is 18.5. The van der Waals surface area contributed by atoms with E-state index >= 15 is 0 Å². The molecule has 1 heterocycles. The molecule has 2 aromatic carbocycles. The normalized spacial score (nSPS) is 22.9. The molecule has 0 radical (unpaired) electrons. The van der Waals surface area contributed by atoms with E-state index in [-0.39, 0.29) is 35.4 Å². The predicted molar refractivity (Wildman–Crippen MR) is 89.4 cm³/mol. The van der Waals surface area contributed by atoms with Gasteiger partial charge in [0.05, 0.1) is 23.7 Å². The molecule has 1 saturated heterocycles. The first-order valence-electron chi connectivity index (χ1n) is 8.74. The standard InChI is InChI=1S/C20H15F3O5/c21-14-8-13(9-15(22)18(14)23)27-19(24)10-1-4-12(5-2-10)26-20(25)11-3-6-16-17(7-11)28-16/h1-2,4-5,8-9,11,16-17H,3,6-7H2. The van der Waals surface area contributed by atoms with E-state index in [1.54, 1.807) is 0 Å². The number of hydrogen-bond donors (Lipinski definition) is 0. The van der Waals surface area contributed by atoms with E-state index in [4.69, 9.17) is 14.2 Å². The lowest BCUT2D eigenvalue weighted by molar-refractivity contribution is -0.139. The van der Waals surface area contributed by atoms with Gasteiger partial charge in [0.15, 0.2) is 17.5 Å². The van der Waals surface area contributed by atoms with Gasteiger partial charge in [-0.05, 0) is 43.5 Å². The Morgan fingerprint density at radius 3 is 2.21 bits per heavy atom. The number of ether oxygens (including phenoxy) is 3. The van der Waals surface area contributed by atoms with Crippen LogP contribution < -0.4 is 9.47 Å². The molecule has 0 amide bonds. The Kier molecular flexibility index (Phi) is 4.80. The highest BCUT2D eigenvalue weighted by atomic mass is 19.2. The summed E-state index contributed by atoms with van der Waals surface area (Å²) in [4.78, 5) is 24.3. The number of epoxide rings is 1. The Morgan fingerprint density at radius 1 is 0.893 bits per heavy atom. The van der Waals surface area contributed by atoms with E-state index in [0.717, 1.165) is 12.8 Å². The zero-order chi connectivity index (χ0) is 19.8. The lowest BCUT2D eigenvalue weighted by atomic mass is 9.89. The Bertz CT molecular complexity index is 905. The van der Waals surface area contributed by atoms with Gasteiger partial charge in [-0.15, -0.1) is 0 Å². The summed E-state index contributed by atoms with van der Waals surface area (Å²) in [6, 6.07) is 6.68. The SMILES string of the molecule is O=C(Oc1cc(F)c(F)c(F)c1)c1ccc(OC(=O)C2CCC3OC3C2)cc1. The van der Waals surface area contributed by atoms with Crippen LogP contribution in [0.3, 0.4) is 0 Å². The van der Waals surface area contributed by atoms with Gasteiger partial charge in [-0.1, -0.05) is 0 Å². The molecule has 28 heavy (non-hydrogen) atoms. The summed E-state index contributed by atoms with van der Waals surface area (Å²) < 4.78 is 54.9. The fourth-order valence-corrected chi connectivity index (χ4v) is 3.23. The van der Waals surface area contributed by atoms with Gasteiger partial charge in [-0.25, -0.2) is 18.0 Å². The van der Waals surface area contributed by atoms with Crippen LogP contribution in [0.5, 0.6) is 11.5 Å². The van der Waals surface area contributed by atoms with Crippen molar-refractivity contribution in [2.75, 3.05) is 0 Å². The quantitative estimate of drug-likeness (QED) is 0.343. The molecular weight excluding hydrogens is 377 g/mol. The fourth-order valence-electron chi connectivity index (χ4n) is 3.23. The largest absolute Gasteiger partial charge is 0.426 e. The maximum absolute atomic E-state index is 13.2. The molecule has 0 N–H and O–H groups in total. The molecule has 0 bridgehead atoms. The summed E-state index contributed by atoms with van der Waals surface area (Å²) in [6.45, 7) is 0. The van der Waals surface area contributed by atoms with Crippen LogP contribution in [-0.2, 0) is 9.53 Å². The third-order valence-electron chi connectivity index (χ3n) is 4.81. The monoisotopic (exact) mass is 392 g/mol.